The van der Waals surface area contributed by atoms with Crippen molar-refractivity contribution >= 4 is 33.0 Å². The van der Waals surface area contributed by atoms with Crippen LogP contribution in [0.3, 0.4) is 0 Å². The van der Waals surface area contributed by atoms with Crippen LogP contribution in [0.2, 0.25) is 0 Å². The molecule has 3 heterocycles. The molecule has 2 saturated heterocycles. The van der Waals surface area contributed by atoms with Gasteiger partial charge in [-0.05, 0) is 30.7 Å². The highest BCUT2D eigenvalue weighted by Gasteiger charge is 2.37. The monoisotopic (exact) mass is 370 g/mol. The van der Waals surface area contributed by atoms with Gasteiger partial charge in [0.2, 0.25) is 5.91 Å². The number of amides is 2. The number of likely N-dealkylation sites (tertiary alicyclic amines) is 1. The van der Waals surface area contributed by atoms with Crippen LogP contribution in [0, 0.1) is 5.92 Å². The Kier molecular flexibility index (Phi) is 4.96. The SMILES string of the molecule is CN(C(=O)C1CCCN(C(=O)c2cccs2)C1)C1CCS(=O)(=O)C1. The highest BCUT2D eigenvalue weighted by molar-refractivity contribution is 7.91. The number of hydrogen-bond acceptors (Lipinski definition) is 5. The first-order valence-electron chi connectivity index (χ1n) is 8.17. The minimum atomic E-state index is -3.02. The molecule has 6 nitrogen and oxygen atoms in total. The fourth-order valence-electron chi connectivity index (χ4n) is 3.47. The van der Waals surface area contributed by atoms with E-state index in [0.717, 1.165) is 12.8 Å². The molecule has 0 saturated carbocycles. The van der Waals surface area contributed by atoms with Crippen LogP contribution in [-0.2, 0) is 14.6 Å². The Hall–Kier alpha value is -1.41. The van der Waals surface area contributed by atoms with Crippen molar-refractivity contribution in [3.8, 4) is 0 Å². The highest BCUT2D eigenvalue weighted by Crippen LogP contribution is 2.24. The number of piperidine rings is 1. The van der Waals surface area contributed by atoms with Crippen LogP contribution < -0.4 is 0 Å². The molecule has 0 bridgehead atoms. The van der Waals surface area contributed by atoms with Gasteiger partial charge in [-0.1, -0.05) is 6.07 Å². The topological polar surface area (TPSA) is 74.8 Å². The van der Waals surface area contributed by atoms with Gasteiger partial charge in [0.25, 0.3) is 5.91 Å². The predicted octanol–water partition coefficient (Wildman–Crippen LogP) is 1.25. The van der Waals surface area contributed by atoms with E-state index >= 15 is 0 Å². The summed E-state index contributed by atoms with van der Waals surface area (Å²) in [5.74, 6) is -0.0896. The number of hydrogen-bond donors (Lipinski definition) is 0. The summed E-state index contributed by atoms with van der Waals surface area (Å²) in [6.07, 6.45) is 2.05. The van der Waals surface area contributed by atoms with Crippen molar-refractivity contribution in [2.75, 3.05) is 31.6 Å². The first-order chi connectivity index (χ1) is 11.4. The molecule has 2 fully saturated rings. The minimum Gasteiger partial charge on any atom is -0.341 e. The molecule has 2 aliphatic rings. The number of thiophene rings is 1. The molecule has 1 aromatic rings. The van der Waals surface area contributed by atoms with Crippen molar-refractivity contribution in [1.29, 1.82) is 0 Å². The fraction of sp³-hybridized carbons (Fsp3) is 0.625. The zero-order valence-corrected chi connectivity index (χ0v) is 15.3. The molecule has 0 aliphatic carbocycles. The van der Waals surface area contributed by atoms with E-state index in [2.05, 4.69) is 0 Å². The summed E-state index contributed by atoms with van der Waals surface area (Å²) in [6, 6.07) is 3.41. The summed E-state index contributed by atoms with van der Waals surface area (Å²) in [4.78, 5) is 29.3. The Morgan fingerprint density at radius 2 is 2.12 bits per heavy atom. The van der Waals surface area contributed by atoms with Gasteiger partial charge in [0.05, 0.1) is 22.3 Å². The summed E-state index contributed by atoms with van der Waals surface area (Å²) in [5.41, 5.74) is 0. The molecule has 2 aliphatic heterocycles. The van der Waals surface area contributed by atoms with Gasteiger partial charge in [-0.25, -0.2) is 8.42 Å². The molecular weight excluding hydrogens is 348 g/mol. The Balaban J connectivity index is 1.64. The Bertz CT molecular complexity index is 714. The molecule has 0 aromatic carbocycles. The second kappa shape index (κ2) is 6.84. The molecule has 0 N–H and O–H groups in total. The van der Waals surface area contributed by atoms with Crippen LogP contribution in [0.15, 0.2) is 17.5 Å². The van der Waals surface area contributed by atoms with Gasteiger partial charge in [-0.2, -0.15) is 0 Å². The first kappa shape index (κ1) is 17.4. The third kappa shape index (κ3) is 3.64. The molecule has 2 unspecified atom stereocenters. The lowest BCUT2D eigenvalue weighted by molar-refractivity contribution is -0.137. The number of rotatable bonds is 3. The molecule has 2 atom stereocenters. The van der Waals surface area contributed by atoms with Crippen molar-refractivity contribution in [3.63, 3.8) is 0 Å². The maximum Gasteiger partial charge on any atom is 0.263 e. The standard InChI is InChI=1S/C16H22N2O4S2/c1-17(13-6-9-24(21,22)11-13)15(19)12-4-2-7-18(10-12)16(20)14-5-3-8-23-14/h3,5,8,12-13H,2,4,6-7,9-11H2,1H3. The van der Waals surface area contributed by atoms with E-state index in [4.69, 9.17) is 0 Å². The summed E-state index contributed by atoms with van der Waals surface area (Å²) < 4.78 is 23.3. The Morgan fingerprint density at radius 1 is 1.33 bits per heavy atom. The summed E-state index contributed by atoms with van der Waals surface area (Å²) in [7, 11) is -1.33. The largest absolute Gasteiger partial charge is 0.341 e. The zero-order chi connectivity index (χ0) is 17.3. The average molecular weight is 370 g/mol. The van der Waals surface area contributed by atoms with Crippen LogP contribution in [0.1, 0.15) is 28.9 Å². The molecule has 8 heteroatoms. The van der Waals surface area contributed by atoms with E-state index in [1.54, 1.807) is 22.9 Å². The highest BCUT2D eigenvalue weighted by atomic mass is 32.2. The Morgan fingerprint density at radius 3 is 2.75 bits per heavy atom. The minimum absolute atomic E-state index is 0.0198. The van der Waals surface area contributed by atoms with E-state index in [1.165, 1.54) is 11.3 Å². The van der Waals surface area contributed by atoms with Gasteiger partial charge in [0.15, 0.2) is 9.84 Å². The molecule has 3 rings (SSSR count). The number of sulfone groups is 1. The molecule has 0 spiro atoms. The summed E-state index contributed by atoms with van der Waals surface area (Å²) in [6.45, 7) is 1.08. The number of carbonyl (C=O) groups is 2. The van der Waals surface area contributed by atoms with E-state index in [-0.39, 0.29) is 35.3 Å². The number of carbonyl (C=O) groups excluding carboxylic acids is 2. The first-order valence-corrected chi connectivity index (χ1v) is 10.9. The molecule has 2 amide bonds. The average Bonchev–Trinajstić information content (AvgIpc) is 3.22. The van der Waals surface area contributed by atoms with Crippen molar-refractivity contribution in [1.82, 2.24) is 9.80 Å². The van der Waals surface area contributed by atoms with E-state index in [9.17, 15) is 18.0 Å². The van der Waals surface area contributed by atoms with Gasteiger partial charge in [0.1, 0.15) is 0 Å². The maximum absolute atomic E-state index is 12.7. The molecule has 1 aromatic heterocycles. The second-order valence-electron chi connectivity index (χ2n) is 6.57. The normalized spacial score (nSPS) is 26.3. The van der Waals surface area contributed by atoms with E-state index < -0.39 is 9.84 Å². The van der Waals surface area contributed by atoms with Crippen LogP contribution in [-0.4, -0.2) is 67.7 Å². The van der Waals surface area contributed by atoms with E-state index in [1.807, 2.05) is 11.4 Å². The molecular formula is C16H22N2O4S2. The van der Waals surface area contributed by atoms with Crippen LogP contribution >= 0.6 is 11.3 Å². The number of nitrogens with zero attached hydrogens (tertiary/aromatic N) is 2. The van der Waals surface area contributed by atoms with Gasteiger partial charge in [-0.3, -0.25) is 9.59 Å². The summed E-state index contributed by atoms with van der Waals surface area (Å²) in [5, 5.41) is 1.87. The fourth-order valence-corrected chi connectivity index (χ4v) is 5.93. The van der Waals surface area contributed by atoms with Gasteiger partial charge in [-0.15, -0.1) is 11.3 Å². The van der Waals surface area contributed by atoms with Crippen molar-refractivity contribution in [2.24, 2.45) is 5.92 Å². The predicted molar refractivity (Wildman–Crippen MR) is 92.8 cm³/mol. The lowest BCUT2D eigenvalue weighted by Gasteiger charge is -2.35. The van der Waals surface area contributed by atoms with E-state index in [0.29, 0.717) is 24.4 Å². The second-order valence-corrected chi connectivity index (χ2v) is 9.75. The van der Waals surface area contributed by atoms with Crippen molar-refractivity contribution in [2.45, 2.75) is 25.3 Å². The Labute approximate surface area is 146 Å². The van der Waals surface area contributed by atoms with Crippen LogP contribution in [0.5, 0.6) is 0 Å². The molecule has 0 radical (unpaired) electrons. The molecule has 132 valence electrons. The van der Waals surface area contributed by atoms with Crippen molar-refractivity contribution < 1.29 is 18.0 Å². The van der Waals surface area contributed by atoms with Crippen molar-refractivity contribution in [3.05, 3.63) is 22.4 Å². The third-order valence-corrected chi connectivity index (χ3v) is 7.50. The lowest BCUT2D eigenvalue weighted by Crippen LogP contribution is -2.48. The van der Waals surface area contributed by atoms with Gasteiger partial charge < -0.3 is 9.80 Å². The smallest absolute Gasteiger partial charge is 0.263 e. The van der Waals surface area contributed by atoms with Gasteiger partial charge in [0, 0.05) is 26.2 Å². The summed E-state index contributed by atoms with van der Waals surface area (Å²) >= 11 is 1.41. The zero-order valence-electron chi connectivity index (χ0n) is 13.7. The maximum atomic E-state index is 12.7. The lowest BCUT2D eigenvalue weighted by atomic mass is 9.95. The van der Waals surface area contributed by atoms with Crippen LogP contribution in [0.25, 0.3) is 0 Å². The van der Waals surface area contributed by atoms with Gasteiger partial charge >= 0.3 is 0 Å². The molecule has 24 heavy (non-hydrogen) atoms. The third-order valence-electron chi connectivity index (χ3n) is 4.89. The van der Waals surface area contributed by atoms with Crippen LogP contribution in [0.4, 0.5) is 0 Å². The quantitative estimate of drug-likeness (QED) is 0.802.